The van der Waals surface area contributed by atoms with Crippen LogP contribution in [-0.2, 0) is 19.6 Å². The first-order valence-corrected chi connectivity index (χ1v) is 9.73. The van der Waals surface area contributed by atoms with Crippen LogP contribution in [-0.4, -0.2) is 51.1 Å². The number of nitrogens with zero attached hydrogens (tertiary/aromatic N) is 3. The summed E-state index contributed by atoms with van der Waals surface area (Å²) in [7, 11) is 0. The highest BCUT2D eigenvalue weighted by atomic mass is 32.1. The van der Waals surface area contributed by atoms with Crippen LogP contribution >= 0.6 is 11.3 Å². The fourth-order valence-corrected chi connectivity index (χ4v) is 4.26. The molecule has 2 N–H and O–H groups in total. The van der Waals surface area contributed by atoms with Crippen LogP contribution in [0.15, 0.2) is 17.6 Å². The van der Waals surface area contributed by atoms with Crippen LogP contribution in [0.2, 0.25) is 0 Å². The molecule has 2 aromatic heterocycles. The number of aryl methyl sites for hydroxylation is 1. The molecule has 0 aliphatic carbocycles. The van der Waals surface area contributed by atoms with Crippen LogP contribution in [0.25, 0.3) is 0 Å². The summed E-state index contributed by atoms with van der Waals surface area (Å²) < 4.78 is 0. The van der Waals surface area contributed by atoms with Crippen LogP contribution in [0.1, 0.15) is 41.2 Å². The van der Waals surface area contributed by atoms with Crippen LogP contribution in [0.4, 0.5) is 0 Å². The molecule has 1 aliphatic heterocycles. The lowest BCUT2D eigenvalue weighted by atomic mass is 10.1. The Hall–Kier alpha value is -1.21. The van der Waals surface area contributed by atoms with Gasteiger partial charge in [-0.1, -0.05) is 6.42 Å². The summed E-state index contributed by atoms with van der Waals surface area (Å²) in [5.74, 6) is 0.939. The van der Waals surface area contributed by atoms with Crippen LogP contribution < -0.4 is 0 Å². The van der Waals surface area contributed by atoms with Crippen molar-refractivity contribution in [2.24, 2.45) is 0 Å². The van der Waals surface area contributed by atoms with Crippen molar-refractivity contribution in [3.05, 3.63) is 39.6 Å². The number of aliphatic hydroxyl groups excluding tert-OH is 1. The number of H-pyrrole nitrogens is 1. The van der Waals surface area contributed by atoms with Crippen LogP contribution in [0, 0.1) is 6.92 Å². The molecule has 2 aromatic rings. The van der Waals surface area contributed by atoms with E-state index < -0.39 is 0 Å². The van der Waals surface area contributed by atoms with Gasteiger partial charge >= 0.3 is 0 Å². The van der Waals surface area contributed by atoms with Gasteiger partial charge < -0.3 is 10.1 Å². The maximum atomic E-state index is 9.35. The van der Waals surface area contributed by atoms with E-state index in [0.29, 0.717) is 6.54 Å². The van der Waals surface area contributed by atoms with E-state index >= 15 is 0 Å². The highest BCUT2D eigenvalue weighted by molar-refractivity contribution is 7.10. The second kappa shape index (κ2) is 8.76. The van der Waals surface area contributed by atoms with Gasteiger partial charge in [0.05, 0.1) is 6.61 Å². The summed E-state index contributed by atoms with van der Waals surface area (Å²) >= 11 is 1.83. The molecule has 3 rings (SSSR count). The van der Waals surface area contributed by atoms with E-state index in [2.05, 4.69) is 31.2 Å². The Balaban J connectivity index is 1.56. The van der Waals surface area contributed by atoms with Crippen LogP contribution in [0.3, 0.4) is 0 Å². The average molecular weight is 349 g/mol. The Morgan fingerprint density at radius 2 is 2.12 bits per heavy atom. The van der Waals surface area contributed by atoms with Gasteiger partial charge in [0, 0.05) is 42.9 Å². The molecule has 1 fully saturated rings. The largest absolute Gasteiger partial charge is 0.395 e. The minimum atomic E-state index is 0.180. The maximum Gasteiger partial charge on any atom is 0.103 e. The van der Waals surface area contributed by atoms with Gasteiger partial charge in [-0.05, 0) is 49.9 Å². The third kappa shape index (κ3) is 5.14. The van der Waals surface area contributed by atoms with Crippen molar-refractivity contribution in [2.45, 2.75) is 45.8 Å². The topological polar surface area (TPSA) is 55.4 Å². The average Bonchev–Trinajstić information content (AvgIpc) is 3.18. The Labute approximate surface area is 148 Å². The standard InChI is InChI=1S/C18H28N4OS/c1-15-19-10-17(20-15)12-22(7-8-23)13-18-9-16(14-24-18)11-21-5-3-2-4-6-21/h9-10,14,23H,2-8,11-13H2,1H3,(H,19,20). The predicted molar refractivity (Wildman–Crippen MR) is 98.0 cm³/mol. The van der Waals surface area contributed by atoms with E-state index in [9.17, 15) is 5.11 Å². The molecule has 0 bridgehead atoms. The molecule has 132 valence electrons. The molecule has 5 nitrogen and oxygen atoms in total. The number of aliphatic hydroxyl groups is 1. The zero-order chi connectivity index (χ0) is 16.8. The van der Waals surface area contributed by atoms with Gasteiger partial charge in [-0.2, -0.15) is 0 Å². The number of piperidine rings is 1. The molecular formula is C18H28N4OS. The summed E-state index contributed by atoms with van der Waals surface area (Å²) in [6.07, 6.45) is 5.94. The molecule has 3 heterocycles. The molecule has 0 aromatic carbocycles. The first kappa shape index (κ1) is 17.6. The lowest BCUT2D eigenvalue weighted by molar-refractivity contribution is 0.184. The van der Waals surface area contributed by atoms with E-state index in [1.54, 1.807) is 0 Å². The molecule has 0 saturated carbocycles. The highest BCUT2D eigenvalue weighted by Gasteiger charge is 2.13. The smallest absolute Gasteiger partial charge is 0.103 e. The van der Waals surface area contributed by atoms with E-state index in [1.165, 1.54) is 42.8 Å². The minimum Gasteiger partial charge on any atom is -0.395 e. The zero-order valence-electron chi connectivity index (χ0n) is 14.5. The number of aromatic nitrogens is 2. The third-order valence-corrected chi connectivity index (χ3v) is 5.48. The van der Waals surface area contributed by atoms with Gasteiger partial charge in [0.1, 0.15) is 5.82 Å². The van der Waals surface area contributed by atoms with Crippen LogP contribution in [0.5, 0.6) is 0 Å². The van der Waals surface area contributed by atoms with Crippen molar-refractivity contribution in [3.63, 3.8) is 0 Å². The van der Waals surface area contributed by atoms with Gasteiger partial charge in [-0.15, -0.1) is 11.3 Å². The van der Waals surface area contributed by atoms with Crippen molar-refractivity contribution < 1.29 is 5.11 Å². The first-order valence-electron chi connectivity index (χ1n) is 8.85. The highest BCUT2D eigenvalue weighted by Crippen LogP contribution is 2.21. The maximum absolute atomic E-state index is 9.35. The van der Waals surface area contributed by atoms with Crippen molar-refractivity contribution in [1.29, 1.82) is 0 Å². The van der Waals surface area contributed by atoms with E-state index in [-0.39, 0.29) is 6.61 Å². The molecule has 1 saturated heterocycles. The summed E-state index contributed by atoms with van der Waals surface area (Å²) in [5, 5.41) is 11.6. The quantitative estimate of drug-likeness (QED) is 0.770. The Bertz CT molecular complexity index is 618. The molecule has 0 radical (unpaired) electrons. The monoisotopic (exact) mass is 348 g/mol. The Morgan fingerprint density at radius 1 is 1.29 bits per heavy atom. The summed E-state index contributed by atoms with van der Waals surface area (Å²) in [6, 6.07) is 2.34. The predicted octanol–water partition coefficient (Wildman–Crippen LogP) is 2.76. The normalized spacial score (nSPS) is 16.1. The SMILES string of the molecule is Cc1ncc(CN(CCO)Cc2cc(CN3CCCCC3)cs2)[nH]1. The summed E-state index contributed by atoms with van der Waals surface area (Å²) in [6.45, 7) is 8.05. The lowest BCUT2D eigenvalue weighted by Gasteiger charge is -2.25. The number of imidazole rings is 1. The van der Waals surface area contributed by atoms with Crippen molar-refractivity contribution in [3.8, 4) is 0 Å². The first-order chi connectivity index (χ1) is 11.7. The molecule has 1 aliphatic rings. The number of thiophene rings is 1. The fraction of sp³-hybridized carbons (Fsp3) is 0.611. The van der Waals surface area contributed by atoms with Gasteiger partial charge in [-0.3, -0.25) is 9.80 Å². The number of likely N-dealkylation sites (tertiary alicyclic amines) is 1. The Kier molecular flexibility index (Phi) is 6.43. The summed E-state index contributed by atoms with van der Waals surface area (Å²) in [5.41, 5.74) is 2.53. The molecule has 24 heavy (non-hydrogen) atoms. The van der Waals surface area contributed by atoms with E-state index in [4.69, 9.17) is 0 Å². The summed E-state index contributed by atoms with van der Waals surface area (Å²) in [4.78, 5) is 13.7. The number of nitrogens with one attached hydrogen (secondary N) is 1. The molecule has 0 spiro atoms. The molecule has 0 amide bonds. The van der Waals surface area contributed by atoms with Gasteiger partial charge in [0.2, 0.25) is 0 Å². The Morgan fingerprint density at radius 3 is 2.83 bits per heavy atom. The van der Waals surface area contributed by atoms with Gasteiger partial charge in [-0.25, -0.2) is 4.98 Å². The van der Waals surface area contributed by atoms with E-state index in [1.807, 2.05) is 24.5 Å². The van der Waals surface area contributed by atoms with E-state index in [0.717, 1.165) is 31.2 Å². The number of hydrogen-bond donors (Lipinski definition) is 2. The zero-order valence-corrected chi connectivity index (χ0v) is 15.3. The molecular weight excluding hydrogens is 320 g/mol. The third-order valence-electron chi connectivity index (χ3n) is 4.51. The lowest BCUT2D eigenvalue weighted by Crippen LogP contribution is -2.28. The van der Waals surface area contributed by atoms with Crippen molar-refractivity contribution in [2.75, 3.05) is 26.2 Å². The second-order valence-electron chi connectivity index (χ2n) is 6.69. The molecule has 0 atom stereocenters. The van der Waals surface area contributed by atoms with Gasteiger partial charge in [0.15, 0.2) is 0 Å². The second-order valence-corrected chi connectivity index (χ2v) is 7.68. The van der Waals surface area contributed by atoms with Crippen molar-refractivity contribution >= 4 is 11.3 Å². The number of rotatable bonds is 8. The van der Waals surface area contributed by atoms with Crippen molar-refractivity contribution in [1.82, 2.24) is 19.8 Å². The molecule has 6 heteroatoms. The number of aromatic amines is 1. The fourth-order valence-electron chi connectivity index (χ4n) is 3.34. The van der Waals surface area contributed by atoms with Gasteiger partial charge in [0.25, 0.3) is 0 Å². The minimum absolute atomic E-state index is 0.180. The number of hydrogen-bond acceptors (Lipinski definition) is 5. The molecule has 0 unspecified atom stereocenters.